The zero-order valence-electron chi connectivity index (χ0n) is 10.1. The Kier molecular flexibility index (Phi) is 4.05. The molecule has 100 valence electrons. The minimum Gasteiger partial charge on any atom is -0.353 e. The van der Waals surface area contributed by atoms with Gasteiger partial charge in [0, 0.05) is 25.8 Å². The van der Waals surface area contributed by atoms with Gasteiger partial charge in [-0.05, 0) is 62.2 Å². The third-order valence-corrected chi connectivity index (χ3v) is 4.36. The smallest absolute Gasteiger partial charge is 0.112 e. The molecule has 0 unspecified atom stereocenters. The van der Waals surface area contributed by atoms with Gasteiger partial charge in [0.2, 0.25) is 0 Å². The molecule has 0 saturated carbocycles. The van der Waals surface area contributed by atoms with E-state index in [1.165, 1.54) is 0 Å². The molecule has 0 aliphatic heterocycles. The number of aromatic nitrogens is 2. The second kappa shape index (κ2) is 5.79. The Morgan fingerprint density at radius 3 is 2.55 bits per heavy atom. The van der Waals surface area contributed by atoms with E-state index in [0.29, 0.717) is 0 Å². The lowest BCUT2D eigenvalue weighted by molar-refractivity contribution is 1.32. The molecule has 0 aliphatic carbocycles. The summed E-state index contributed by atoms with van der Waals surface area (Å²) in [5.74, 6) is 0. The van der Waals surface area contributed by atoms with Crippen LogP contribution < -0.4 is 5.32 Å². The number of hydrogen-bond donors (Lipinski definition) is 1. The molecule has 0 spiro atoms. The second-order valence-electron chi connectivity index (χ2n) is 4.13. The number of fused-ring (bicyclic) bond motifs is 1. The summed E-state index contributed by atoms with van der Waals surface area (Å²) in [5, 5.41) is 3.38. The molecular weight excluding hydrogens is 450 g/mol. The molecule has 3 rings (SSSR count). The van der Waals surface area contributed by atoms with E-state index in [1.807, 2.05) is 30.3 Å². The highest BCUT2D eigenvalue weighted by atomic mass is 79.9. The van der Waals surface area contributed by atoms with Crippen LogP contribution in [0, 0.1) is 0 Å². The fourth-order valence-electron chi connectivity index (χ4n) is 1.84. The van der Waals surface area contributed by atoms with Crippen LogP contribution in [-0.4, -0.2) is 9.97 Å². The molecule has 0 amide bonds. The number of halogens is 3. The summed E-state index contributed by atoms with van der Waals surface area (Å²) in [4.78, 5) is 8.76. The van der Waals surface area contributed by atoms with E-state index in [2.05, 4.69) is 63.1 Å². The maximum Gasteiger partial charge on any atom is 0.112 e. The topological polar surface area (TPSA) is 37.8 Å². The molecule has 0 atom stereocenters. The standard InChI is InChI=1S/C14H8Br3N3/c15-8-1-2-10(17)12(5-8)20-11-3-4-18-13-6-9(16)7-19-14(11)13/h1-7H,(H,18,20). The highest BCUT2D eigenvalue weighted by molar-refractivity contribution is 9.11. The van der Waals surface area contributed by atoms with Crippen LogP contribution in [0.2, 0.25) is 0 Å². The first-order valence-corrected chi connectivity index (χ1v) is 8.14. The Labute approximate surface area is 141 Å². The number of anilines is 2. The molecule has 2 heterocycles. The molecule has 0 bridgehead atoms. The van der Waals surface area contributed by atoms with Crippen molar-refractivity contribution >= 4 is 70.2 Å². The summed E-state index contributed by atoms with van der Waals surface area (Å²) >= 11 is 10.4. The fraction of sp³-hybridized carbons (Fsp3) is 0. The van der Waals surface area contributed by atoms with E-state index >= 15 is 0 Å². The summed E-state index contributed by atoms with van der Waals surface area (Å²) in [5.41, 5.74) is 3.57. The summed E-state index contributed by atoms with van der Waals surface area (Å²) in [6.07, 6.45) is 3.54. The fourth-order valence-corrected chi connectivity index (χ4v) is 2.87. The van der Waals surface area contributed by atoms with E-state index in [-0.39, 0.29) is 0 Å². The third kappa shape index (κ3) is 2.87. The minimum absolute atomic E-state index is 0.836. The molecule has 20 heavy (non-hydrogen) atoms. The van der Waals surface area contributed by atoms with Gasteiger partial charge < -0.3 is 5.32 Å². The lowest BCUT2D eigenvalue weighted by Crippen LogP contribution is -1.95. The van der Waals surface area contributed by atoms with Crippen molar-refractivity contribution in [2.24, 2.45) is 0 Å². The summed E-state index contributed by atoms with van der Waals surface area (Å²) in [6, 6.07) is 9.84. The van der Waals surface area contributed by atoms with Crippen LogP contribution in [0.1, 0.15) is 0 Å². The van der Waals surface area contributed by atoms with E-state index in [4.69, 9.17) is 0 Å². The van der Waals surface area contributed by atoms with Gasteiger partial charge in [-0.15, -0.1) is 0 Å². The molecule has 0 saturated heterocycles. The third-order valence-electron chi connectivity index (χ3n) is 2.74. The predicted octanol–water partition coefficient (Wildman–Crippen LogP) is 5.66. The number of nitrogens with one attached hydrogen (secondary N) is 1. The number of benzene rings is 1. The van der Waals surface area contributed by atoms with Crippen molar-refractivity contribution < 1.29 is 0 Å². The first-order chi connectivity index (χ1) is 9.63. The number of hydrogen-bond acceptors (Lipinski definition) is 3. The van der Waals surface area contributed by atoms with Crippen LogP contribution in [0.5, 0.6) is 0 Å². The first-order valence-electron chi connectivity index (χ1n) is 5.76. The first kappa shape index (κ1) is 14.0. The van der Waals surface area contributed by atoms with E-state index in [1.54, 1.807) is 12.4 Å². The van der Waals surface area contributed by atoms with E-state index in [0.717, 1.165) is 35.8 Å². The molecule has 1 N–H and O–H groups in total. The highest BCUT2D eigenvalue weighted by Crippen LogP contribution is 2.31. The Bertz CT molecular complexity index is 790. The van der Waals surface area contributed by atoms with Gasteiger partial charge in [-0.1, -0.05) is 15.9 Å². The maximum atomic E-state index is 4.43. The summed E-state index contributed by atoms with van der Waals surface area (Å²) in [6.45, 7) is 0. The van der Waals surface area contributed by atoms with Crippen LogP contribution in [-0.2, 0) is 0 Å². The van der Waals surface area contributed by atoms with Crippen molar-refractivity contribution in [1.29, 1.82) is 0 Å². The van der Waals surface area contributed by atoms with Crippen molar-refractivity contribution in [3.63, 3.8) is 0 Å². The van der Waals surface area contributed by atoms with Crippen molar-refractivity contribution in [2.45, 2.75) is 0 Å². The van der Waals surface area contributed by atoms with Crippen LogP contribution in [0.15, 0.2) is 56.1 Å². The zero-order valence-corrected chi connectivity index (χ0v) is 14.8. The molecule has 0 radical (unpaired) electrons. The van der Waals surface area contributed by atoms with Crippen LogP contribution in [0.3, 0.4) is 0 Å². The lowest BCUT2D eigenvalue weighted by atomic mass is 10.2. The lowest BCUT2D eigenvalue weighted by Gasteiger charge is -2.11. The van der Waals surface area contributed by atoms with Crippen LogP contribution >= 0.6 is 47.8 Å². The van der Waals surface area contributed by atoms with Gasteiger partial charge in [0.25, 0.3) is 0 Å². The normalized spacial score (nSPS) is 10.8. The SMILES string of the molecule is Brc1ccc(Br)c(Nc2ccnc3cc(Br)cnc23)c1. The molecule has 6 heteroatoms. The Morgan fingerprint density at radius 1 is 0.850 bits per heavy atom. The molecule has 3 aromatic rings. The zero-order chi connectivity index (χ0) is 14.1. The van der Waals surface area contributed by atoms with Crippen molar-refractivity contribution in [3.8, 4) is 0 Å². The van der Waals surface area contributed by atoms with Crippen LogP contribution in [0.4, 0.5) is 11.4 Å². The average Bonchev–Trinajstić information content (AvgIpc) is 2.43. The van der Waals surface area contributed by atoms with Gasteiger partial charge in [-0.2, -0.15) is 0 Å². The minimum atomic E-state index is 0.836. The van der Waals surface area contributed by atoms with Crippen molar-refractivity contribution in [1.82, 2.24) is 9.97 Å². The molecule has 0 aliphatic rings. The maximum absolute atomic E-state index is 4.43. The number of nitrogens with zero attached hydrogens (tertiary/aromatic N) is 2. The Balaban J connectivity index is 2.09. The largest absolute Gasteiger partial charge is 0.353 e. The number of rotatable bonds is 2. The molecule has 3 nitrogen and oxygen atoms in total. The van der Waals surface area contributed by atoms with Gasteiger partial charge in [-0.25, -0.2) is 0 Å². The monoisotopic (exact) mass is 455 g/mol. The summed E-state index contributed by atoms with van der Waals surface area (Å²) in [7, 11) is 0. The Morgan fingerprint density at radius 2 is 1.70 bits per heavy atom. The van der Waals surface area contributed by atoms with Crippen molar-refractivity contribution in [3.05, 3.63) is 56.1 Å². The van der Waals surface area contributed by atoms with Gasteiger partial charge in [-0.3, -0.25) is 9.97 Å². The highest BCUT2D eigenvalue weighted by Gasteiger charge is 2.07. The molecule has 2 aromatic heterocycles. The Hall–Kier alpha value is -0.980. The molecular formula is C14H8Br3N3. The average molecular weight is 458 g/mol. The van der Waals surface area contributed by atoms with E-state index in [9.17, 15) is 0 Å². The van der Waals surface area contributed by atoms with Gasteiger partial charge in [0.15, 0.2) is 0 Å². The van der Waals surface area contributed by atoms with Crippen LogP contribution in [0.25, 0.3) is 11.0 Å². The van der Waals surface area contributed by atoms with E-state index < -0.39 is 0 Å². The quantitative estimate of drug-likeness (QED) is 0.539. The second-order valence-corrected chi connectivity index (χ2v) is 6.81. The molecule has 0 fully saturated rings. The van der Waals surface area contributed by atoms with Crippen molar-refractivity contribution in [2.75, 3.05) is 5.32 Å². The van der Waals surface area contributed by atoms with Gasteiger partial charge in [0.05, 0.1) is 16.9 Å². The van der Waals surface area contributed by atoms with Gasteiger partial charge in [0.1, 0.15) is 5.52 Å². The summed E-state index contributed by atoms with van der Waals surface area (Å²) < 4.78 is 2.92. The molecule has 1 aromatic carbocycles. The number of pyridine rings is 2. The predicted molar refractivity (Wildman–Crippen MR) is 92.4 cm³/mol. The van der Waals surface area contributed by atoms with Gasteiger partial charge >= 0.3 is 0 Å².